The van der Waals surface area contributed by atoms with Gasteiger partial charge in [0.15, 0.2) is 0 Å². The standard InChI is InChI=1S/C19H24N2S/c1-5-7-16(13-15(4)20-12-6-2)19-21-17-10-8-14(3)9-11-18(17)22-19/h5,7-15H,6H2,1-4H3/b7-5-,16-13+,20-12?. The fourth-order valence-corrected chi connectivity index (χ4v) is 3.18. The summed E-state index contributed by atoms with van der Waals surface area (Å²) < 4.78 is 0. The second-order valence-electron chi connectivity index (χ2n) is 5.45. The monoisotopic (exact) mass is 312 g/mol. The van der Waals surface area contributed by atoms with Crippen LogP contribution in [0.1, 0.15) is 49.7 Å². The molecule has 0 spiro atoms. The van der Waals surface area contributed by atoms with Gasteiger partial charge in [0.05, 0.1) is 16.6 Å². The Hall–Kier alpha value is -1.74. The lowest BCUT2D eigenvalue weighted by atomic mass is 10.1. The normalized spacial score (nSPS) is 19.8. The first-order valence-corrected chi connectivity index (χ1v) is 8.69. The molecule has 2 unspecified atom stereocenters. The van der Waals surface area contributed by atoms with Crippen LogP contribution in [0, 0.1) is 5.92 Å². The molecule has 1 aromatic heterocycles. The third-order valence-electron chi connectivity index (χ3n) is 3.33. The molecular weight excluding hydrogens is 288 g/mol. The smallest absolute Gasteiger partial charge is 0.124 e. The van der Waals surface area contributed by atoms with Gasteiger partial charge in [-0.05, 0) is 44.6 Å². The van der Waals surface area contributed by atoms with Gasteiger partial charge in [-0.25, -0.2) is 4.98 Å². The van der Waals surface area contributed by atoms with E-state index in [2.05, 4.69) is 68.3 Å². The van der Waals surface area contributed by atoms with Gasteiger partial charge in [-0.15, -0.1) is 11.3 Å². The first kappa shape index (κ1) is 16.6. The first-order valence-electron chi connectivity index (χ1n) is 7.87. The van der Waals surface area contributed by atoms with E-state index in [1.807, 2.05) is 13.1 Å². The van der Waals surface area contributed by atoms with Crippen molar-refractivity contribution in [3.05, 3.63) is 46.0 Å². The molecule has 116 valence electrons. The topological polar surface area (TPSA) is 25.2 Å². The highest BCUT2D eigenvalue weighted by atomic mass is 32.1. The third kappa shape index (κ3) is 4.38. The molecule has 0 aliphatic heterocycles. The van der Waals surface area contributed by atoms with Gasteiger partial charge in [0, 0.05) is 5.57 Å². The van der Waals surface area contributed by atoms with Crippen molar-refractivity contribution in [1.82, 2.24) is 4.98 Å². The van der Waals surface area contributed by atoms with Crippen LogP contribution < -0.4 is 0 Å². The molecule has 0 saturated heterocycles. The summed E-state index contributed by atoms with van der Waals surface area (Å²) in [7, 11) is 0. The average molecular weight is 312 g/mol. The van der Waals surface area contributed by atoms with E-state index in [1.54, 1.807) is 11.3 Å². The minimum atomic E-state index is 0.168. The molecule has 0 amide bonds. The Labute approximate surface area is 137 Å². The van der Waals surface area contributed by atoms with Gasteiger partial charge in [0.25, 0.3) is 0 Å². The number of nitrogens with zero attached hydrogens (tertiary/aromatic N) is 2. The number of fused-ring (bicyclic) bond motifs is 1. The van der Waals surface area contributed by atoms with Crippen LogP contribution in [0.25, 0.3) is 17.7 Å². The zero-order chi connectivity index (χ0) is 15.9. The van der Waals surface area contributed by atoms with E-state index in [0.717, 1.165) is 22.7 Å². The summed E-state index contributed by atoms with van der Waals surface area (Å²) in [6.45, 7) is 8.43. The van der Waals surface area contributed by atoms with Crippen LogP contribution >= 0.6 is 11.3 Å². The first-order chi connectivity index (χ1) is 10.6. The minimum absolute atomic E-state index is 0.168. The van der Waals surface area contributed by atoms with Crippen molar-refractivity contribution in [2.24, 2.45) is 10.9 Å². The van der Waals surface area contributed by atoms with Crippen LogP contribution in [0.5, 0.6) is 0 Å². The van der Waals surface area contributed by atoms with Gasteiger partial charge in [-0.2, -0.15) is 0 Å². The SMILES string of the molecule is C/C=C\C(=C/C(C)N=CCC)c1nc2c(s1)C=CC(C)C=C2. The Balaban J connectivity index is 2.33. The Bertz CT molecular complexity index is 613. The van der Waals surface area contributed by atoms with Crippen molar-refractivity contribution in [2.45, 2.75) is 40.2 Å². The van der Waals surface area contributed by atoms with Crippen molar-refractivity contribution in [3.63, 3.8) is 0 Å². The summed E-state index contributed by atoms with van der Waals surface area (Å²) >= 11 is 1.74. The molecule has 2 rings (SSSR count). The van der Waals surface area contributed by atoms with E-state index in [9.17, 15) is 0 Å². The average Bonchev–Trinajstić information content (AvgIpc) is 2.84. The predicted molar refractivity (Wildman–Crippen MR) is 100 cm³/mol. The second kappa shape index (κ2) is 8.04. The summed E-state index contributed by atoms with van der Waals surface area (Å²) in [6, 6.07) is 0.168. The molecule has 0 N–H and O–H groups in total. The number of aromatic nitrogens is 1. The molecule has 3 heteroatoms. The van der Waals surface area contributed by atoms with Crippen LogP contribution in [0.15, 0.2) is 35.4 Å². The van der Waals surface area contributed by atoms with Gasteiger partial charge < -0.3 is 0 Å². The number of aliphatic imine (C=N–C) groups is 1. The molecule has 1 heterocycles. The van der Waals surface area contributed by atoms with Crippen molar-refractivity contribution >= 4 is 35.3 Å². The highest BCUT2D eigenvalue weighted by molar-refractivity contribution is 7.13. The molecule has 0 saturated carbocycles. The molecule has 22 heavy (non-hydrogen) atoms. The van der Waals surface area contributed by atoms with E-state index in [1.165, 1.54) is 4.88 Å². The van der Waals surface area contributed by atoms with E-state index >= 15 is 0 Å². The fourth-order valence-electron chi connectivity index (χ4n) is 2.20. The van der Waals surface area contributed by atoms with Gasteiger partial charge >= 0.3 is 0 Å². The van der Waals surface area contributed by atoms with E-state index in [-0.39, 0.29) is 6.04 Å². The zero-order valence-corrected chi connectivity index (χ0v) is 14.6. The number of hydrogen-bond donors (Lipinski definition) is 0. The lowest BCUT2D eigenvalue weighted by molar-refractivity contribution is 0.928. The molecule has 0 radical (unpaired) electrons. The maximum absolute atomic E-state index is 4.81. The molecule has 2 atom stereocenters. The van der Waals surface area contributed by atoms with E-state index < -0.39 is 0 Å². The van der Waals surface area contributed by atoms with E-state index in [0.29, 0.717) is 5.92 Å². The number of allylic oxidation sites excluding steroid dienone is 5. The Morgan fingerprint density at radius 2 is 2.18 bits per heavy atom. The van der Waals surface area contributed by atoms with E-state index in [4.69, 9.17) is 4.98 Å². The molecular formula is C19H24N2S. The minimum Gasteiger partial charge on any atom is -0.290 e. The molecule has 0 aromatic carbocycles. The van der Waals surface area contributed by atoms with Crippen LogP contribution in [0.4, 0.5) is 0 Å². The lowest BCUT2D eigenvalue weighted by Crippen LogP contribution is -1.95. The summed E-state index contributed by atoms with van der Waals surface area (Å²) in [6.07, 6.45) is 18.0. The number of rotatable bonds is 5. The van der Waals surface area contributed by atoms with Gasteiger partial charge in [-0.1, -0.05) is 44.2 Å². The van der Waals surface area contributed by atoms with Crippen LogP contribution in [0.2, 0.25) is 0 Å². The number of thiazole rings is 1. The van der Waals surface area contributed by atoms with Gasteiger partial charge in [-0.3, -0.25) is 4.99 Å². The Morgan fingerprint density at radius 3 is 2.91 bits per heavy atom. The van der Waals surface area contributed by atoms with Crippen molar-refractivity contribution in [3.8, 4) is 0 Å². The highest BCUT2D eigenvalue weighted by Crippen LogP contribution is 2.30. The highest BCUT2D eigenvalue weighted by Gasteiger charge is 2.12. The van der Waals surface area contributed by atoms with Gasteiger partial charge in [0.1, 0.15) is 5.01 Å². The summed E-state index contributed by atoms with van der Waals surface area (Å²) in [5, 5.41) is 1.06. The number of hydrogen-bond acceptors (Lipinski definition) is 3. The molecule has 1 aromatic rings. The van der Waals surface area contributed by atoms with Crippen molar-refractivity contribution < 1.29 is 0 Å². The van der Waals surface area contributed by atoms with Crippen LogP contribution in [0.3, 0.4) is 0 Å². The molecule has 0 fully saturated rings. The molecule has 1 aliphatic rings. The summed E-state index contributed by atoms with van der Waals surface area (Å²) in [5.41, 5.74) is 2.22. The second-order valence-corrected chi connectivity index (χ2v) is 6.48. The van der Waals surface area contributed by atoms with Crippen LogP contribution in [-0.4, -0.2) is 17.2 Å². The van der Waals surface area contributed by atoms with Gasteiger partial charge in [0.2, 0.25) is 0 Å². The largest absolute Gasteiger partial charge is 0.290 e. The lowest BCUT2D eigenvalue weighted by Gasteiger charge is -2.02. The maximum atomic E-state index is 4.81. The predicted octanol–water partition coefficient (Wildman–Crippen LogP) is 5.65. The zero-order valence-electron chi connectivity index (χ0n) is 13.8. The Kier molecular flexibility index (Phi) is 6.08. The van der Waals surface area contributed by atoms with Crippen LogP contribution in [-0.2, 0) is 0 Å². The summed E-state index contributed by atoms with van der Waals surface area (Å²) in [5.74, 6) is 0.471. The summed E-state index contributed by atoms with van der Waals surface area (Å²) in [4.78, 5) is 10.5. The Morgan fingerprint density at radius 1 is 1.41 bits per heavy atom. The molecule has 1 aliphatic carbocycles. The third-order valence-corrected chi connectivity index (χ3v) is 4.41. The molecule has 0 bridgehead atoms. The quantitative estimate of drug-likeness (QED) is 0.509. The van der Waals surface area contributed by atoms with Crippen molar-refractivity contribution in [1.29, 1.82) is 0 Å². The molecule has 2 nitrogen and oxygen atoms in total. The fraction of sp³-hybridized carbons (Fsp3) is 0.368. The van der Waals surface area contributed by atoms with Crippen molar-refractivity contribution in [2.75, 3.05) is 0 Å². The maximum Gasteiger partial charge on any atom is 0.124 e.